The Morgan fingerprint density at radius 2 is 2.05 bits per heavy atom. The van der Waals surface area contributed by atoms with Crippen molar-refractivity contribution in [3.8, 4) is 0 Å². The Balaban J connectivity index is 1.88. The van der Waals surface area contributed by atoms with Crippen LogP contribution in [0.2, 0.25) is 0 Å². The Bertz CT molecular complexity index is 544. The molecule has 3 nitrogen and oxygen atoms in total. The van der Waals surface area contributed by atoms with E-state index in [2.05, 4.69) is 20.8 Å². The summed E-state index contributed by atoms with van der Waals surface area (Å²) in [5, 5.41) is 0. The zero-order valence-electron chi connectivity index (χ0n) is 11.7. The number of carbonyl (C=O) groups excluding carboxylic acids is 1. The highest BCUT2D eigenvalue weighted by Gasteiger charge is 2.84. The van der Waals surface area contributed by atoms with Crippen molar-refractivity contribution < 1.29 is 13.9 Å². The van der Waals surface area contributed by atoms with Gasteiger partial charge in [0.25, 0.3) is 0 Å². The number of ketones is 1. The lowest BCUT2D eigenvalue weighted by Crippen LogP contribution is -2.50. The summed E-state index contributed by atoms with van der Waals surface area (Å²) in [4.78, 5) is 12.7. The van der Waals surface area contributed by atoms with E-state index >= 15 is 0 Å². The van der Waals surface area contributed by atoms with Crippen LogP contribution in [0.1, 0.15) is 51.5 Å². The summed E-state index contributed by atoms with van der Waals surface area (Å²) in [5.74, 6) is 0.212. The van der Waals surface area contributed by atoms with Crippen molar-refractivity contribution in [2.75, 3.05) is 0 Å². The first-order valence-electron chi connectivity index (χ1n) is 7.18. The number of rotatable bonds is 1. The molecule has 19 heavy (non-hydrogen) atoms. The van der Waals surface area contributed by atoms with Gasteiger partial charge < -0.3 is 9.15 Å². The number of ether oxygens (including phenoxy) is 1. The lowest BCUT2D eigenvalue weighted by molar-refractivity contribution is -0.127. The molecule has 2 saturated carbocycles. The molecule has 3 aliphatic rings. The maximum atomic E-state index is 12.7. The predicted molar refractivity (Wildman–Crippen MR) is 69.8 cm³/mol. The molecule has 4 rings (SSSR count). The topological polar surface area (TPSA) is 42.7 Å². The first-order valence-corrected chi connectivity index (χ1v) is 7.18. The molecule has 2 heterocycles. The van der Waals surface area contributed by atoms with Gasteiger partial charge in [-0.1, -0.05) is 27.2 Å². The minimum atomic E-state index is -0.239. The molecule has 0 bridgehead atoms. The van der Waals surface area contributed by atoms with Gasteiger partial charge in [-0.05, 0) is 24.3 Å². The number of carbonyl (C=O) groups is 1. The highest BCUT2D eigenvalue weighted by molar-refractivity contribution is 5.98. The van der Waals surface area contributed by atoms with E-state index in [-0.39, 0.29) is 34.2 Å². The van der Waals surface area contributed by atoms with Gasteiger partial charge in [0.1, 0.15) is 11.7 Å². The molecular weight excluding hydrogens is 240 g/mol. The van der Waals surface area contributed by atoms with Gasteiger partial charge in [-0.15, -0.1) is 0 Å². The first-order chi connectivity index (χ1) is 8.94. The Labute approximate surface area is 113 Å². The normalized spacial score (nSPS) is 46.8. The second-order valence-electron chi connectivity index (χ2n) is 7.28. The number of Topliss-reactive ketones (excluding diaryl/α,β-unsaturated/α-hetero) is 1. The minimum Gasteiger partial charge on any atom is -0.472 e. The summed E-state index contributed by atoms with van der Waals surface area (Å²) in [5.41, 5.74) is 0.788. The number of epoxide rings is 1. The Hall–Kier alpha value is -1.09. The third-order valence-corrected chi connectivity index (χ3v) is 6.02. The van der Waals surface area contributed by atoms with Gasteiger partial charge in [0.05, 0.1) is 18.4 Å². The van der Waals surface area contributed by atoms with Crippen LogP contribution in [0.3, 0.4) is 0 Å². The van der Waals surface area contributed by atoms with E-state index in [1.54, 1.807) is 12.5 Å². The molecule has 1 aromatic heterocycles. The lowest BCUT2D eigenvalue weighted by Gasteiger charge is -2.49. The fourth-order valence-corrected chi connectivity index (χ4v) is 5.20. The van der Waals surface area contributed by atoms with Crippen molar-refractivity contribution >= 4 is 5.78 Å². The molecule has 0 N–H and O–H groups in total. The number of furan rings is 1. The summed E-state index contributed by atoms with van der Waals surface area (Å²) < 4.78 is 11.2. The highest BCUT2D eigenvalue weighted by atomic mass is 16.6. The highest BCUT2D eigenvalue weighted by Crippen LogP contribution is 2.75. The fourth-order valence-electron chi connectivity index (χ4n) is 5.20. The number of hydrogen-bond donors (Lipinski definition) is 0. The van der Waals surface area contributed by atoms with Crippen LogP contribution in [0.5, 0.6) is 0 Å². The first kappa shape index (κ1) is 11.7. The van der Waals surface area contributed by atoms with Crippen molar-refractivity contribution in [2.45, 2.75) is 57.7 Å². The van der Waals surface area contributed by atoms with Gasteiger partial charge in [-0.3, -0.25) is 4.79 Å². The largest absolute Gasteiger partial charge is 0.472 e. The molecule has 0 aromatic carbocycles. The Kier molecular flexibility index (Phi) is 1.94. The second-order valence-corrected chi connectivity index (χ2v) is 7.28. The van der Waals surface area contributed by atoms with Gasteiger partial charge in [-0.2, -0.15) is 0 Å². The molecule has 0 amide bonds. The molecule has 0 radical (unpaired) electrons. The van der Waals surface area contributed by atoms with Gasteiger partial charge in [-0.25, -0.2) is 0 Å². The molecule has 3 heteroatoms. The van der Waals surface area contributed by atoms with Crippen LogP contribution in [0.4, 0.5) is 0 Å². The van der Waals surface area contributed by atoms with E-state index in [0.29, 0.717) is 0 Å². The molecule has 1 aliphatic heterocycles. The third-order valence-electron chi connectivity index (χ3n) is 6.02. The average Bonchev–Trinajstić information content (AvgIpc) is 2.84. The maximum absolute atomic E-state index is 12.7. The van der Waals surface area contributed by atoms with Gasteiger partial charge >= 0.3 is 0 Å². The quantitative estimate of drug-likeness (QED) is 0.728. The molecule has 102 valence electrons. The molecule has 1 spiro atoms. The van der Waals surface area contributed by atoms with E-state index in [0.717, 1.165) is 18.4 Å². The lowest BCUT2D eigenvalue weighted by atomic mass is 9.54. The van der Waals surface area contributed by atoms with E-state index in [4.69, 9.17) is 9.15 Å². The van der Waals surface area contributed by atoms with Crippen LogP contribution >= 0.6 is 0 Å². The van der Waals surface area contributed by atoms with E-state index in [1.165, 1.54) is 6.42 Å². The van der Waals surface area contributed by atoms with Crippen molar-refractivity contribution in [2.24, 2.45) is 10.8 Å². The molecule has 4 atom stereocenters. The summed E-state index contributed by atoms with van der Waals surface area (Å²) in [6, 6.07) is 1.94. The molecule has 1 unspecified atom stereocenters. The van der Waals surface area contributed by atoms with E-state index in [9.17, 15) is 4.79 Å². The Morgan fingerprint density at radius 3 is 2.74 bits per heavy atom. The molecule has 1 saturated heterocycles. The van der Waals surface area contributed by atoms with Crippen LogP contribution in [0.15, 0.2) is 23.0 Å². The maximum Gasteiger partial charge on any atom is 0.172 e. The van der Waals surface area contributed by atoms with Crippen molar-refractivity contribution in [1.29, 1.82) is 0 Å². The summed E-state index contributed by atoms with van der Waals surface area (Å²) in [6.45, 7) is 6.77. The van der Waals surface area contributed by atoms with Crippen LogP contribution in [0, 0.1) is 10.8 Å². The van der Waals surface area contributed by atoms with Gasteiger partial charge in [0.2, 0.25) is 0 Å². The van der Waals surface area contributed by atoms with Crippen LogP contribution in [-0.2, 0) is 9.53 Å². The van der Waals surface area contributed by atoms with Crippen molar-refractivity contribution in [3.05, 3.63) is 24.2 Å². The number of hydrogen-bond acceptors (Lipinski definition) is 3. The van der Waals surface area contributed by atoms with Gasteiger partial charge in [0.15, 0.2) is 5.78 Å². The monoisotopic (exact) mass is 260 g/mol. The van der Waals surface area contributed by atoms with E-state index < -0.39 is 0 Å². The zero-order valence-corrected chi connectivity index (χ0v) is 11.7. The SMILES string of the molecule is CC1(C)CCC[C@@]2(C)[C@H](c3ccoc3)C(=O)[C@H]3OC312. The summed E-state index contributed by atoms with van der Waals surface area (Å²) >= 11 is 0. The van der Waals surface area contributed by atoms with Crippen LogP contribution < -0.4 is 0 Å². The fraction of sp³-hybridized carbons (Fsp3) is 0.688. The minimum absolute atomic E-state index is 0.0513. The summed E-state index contributed by atoms with van der Waals surface area (Å²) in [6.07, 6.45) is 6.58. The zero-order chi connectivity index (χ0) is 13.5. The van der Waals surface area contributed by atoms with Crippen molar-refractivity contribution in [3.63, 3.8) is 0 Å². The average molecular weight is 260 g/mol. The summed E-state index contributed by atoms with van der Waals surface area (Å²) in [7, 11) is 0. The van der Waals surface area contributed by atoms with Crippen molar-refractivity contribution in [1.82, 2.24) is 0 Å². The third kappa shape index (κ3) is 1.08. The van der Waals surface area contributed by atoms with Crippen LogP contribution in [-0.4, -0.2) is 17.5 Å². The second kappa shape index (κ2) is 3.14. The molecule has 3 fully saturated rings. The smallest absolute Gasteiger partial charge is 0.172 e. The predicted octanol–water partition coefficient (Wildman–Crippen LogP) is 3.30. The van der Waals surface area contributed by atoms with E-state index in [1.807, 2.05) is 6.07 Å². The molecular formula is C16H20O3. The Morgan fingerprint density at radius 1 is 1.26 bits per heavy atom. The molecule has 1 aromatic rings. The van der Waals surface area contributed by atoms with Gasteiger partial charge in [0, 0.05) is 11.0 Å². The molecule has 2 aliphatic carbocycles. The van der Waals surface area contributed by atoms with Crippen LogP contribution in [0.25, 0.3) is 0 Å². The standard InChI is InChI=1S/C16H20O3/c1-14(2)6-4-7-15(3)11(10-5-8-18-9-10)12(17)13-16(14,15)19-13/h5,8-9,11,13H,4,6-7H2,1-3H3/t11-,13-,15+,16?/m1/s1.